The van der Waals surface area contributed by atoms with Crippen molar-refractivity contribution in [3.8, 4) is 0 Å². The van der Waals surface area contributed by atoms with E-state index in [0.29, 0.717) is 0 Å². The molecule has 0 radical (unpaired) electrons. The second kappa shape index (κ2) is 247. The van der Waals surface area contributed by atoms with Crippen molar-refractivity contribution < 1.29 is 188 Å². The van der Waals surface area contributed by atoms with E-state index in [1.54, 1.807) is 0 Å². The Morgan fingerprint density at radius 3 is 0.320 bits per heavy atom. The molecule has 0 heterocycles. The Hall–Kier alpha value is 2.22. The summed E-state index contributed by atoms with van der Waals surface area (Å²) in [4.78, 5) is 21.6. The Morgan fingerprint density at radius 2 is 0.320 bits per heavy atom. The molecule has 25 heteroatoms. The van der Waals surface area contributed by atoms with Gasteiger partial charge in [-0.2, -0.15) is 0 Å². The molecular formula is H19O20PW4. The van der Waals surface area contributed by atoms with E-state index in [4.69, 9.17) is 103 Å². The third kappa shape index (κ3) is 3110. The Bertz CT molecular complexity index is 67.8. The molecule has 0 atom stereocenters. The molecule has 25 heavy (non-hydrogen) atoms. The molecule has 168 valence electrons. The van der Waals surface area contributed by atoms with Gasteiger partial charge in [-0.15, -0.1) is 0 Å². The van der Waals surface area contributed by atoms with Crippen LogP contribution in [0, 0.1) is 0 Å². The van der Waals surface area contributed by atoms with Crippen LogP contribution in [-0.4, -0.2) is 98.8 Å². The van der Waals surface area contributed by atoms with Crippen molar-refractivity contribution in [1.29, 1.82) is 0 Å². The summed E-state index contributed by atoms with van der Waals surface area (Å²) >= 11 is 0. The molecular weight excluding hydrogens is 1090 g/mol. The van der Waals surface area contributed by atoms with Gasteiger partial charge in [-0.05, 0) is 0 Å². The monoisotopic (exact) mass is 1110 g/mol. The fourth-order valence-corrected chi connectivity index (χ4v) is 0. The third-order valence-corrected chi connectivity index (χ3v) is 0. The molecule has 20 nitrogen and oxygen atoms in total. The predicted octanol–water partition coefficient (Wildman–Crippen LogP) is -0.799. The van der Waals surface area contributed by atoms with Crippen LogP contribution in [0.5, 0.6) is 0 Å². The second-order valence-corrected chi connectivity index (χ2v) is 1.54. The molecule has 0 saturated heterocycles. The van der Waals surface area contributed by atoms with E-state index in [0.717, 1.165) is 0 Å². The molecule has 0 rings (SSSR count). The molecule has 0 aromatic rings. The van der Waals surface area contributed by atoms with E-state index in [9.17, 15) is 0 Å². The van der Waals surface area contributed by atoms with Crippen molar-refractivity contribution >= 4 is 7.82 Å². The Balaban J connectivity index is -0.00000000598. The first-order valence-corrected chi connectivity index (χ1v) is 3.95. The van der Waals surface area contributed by atoms with Gasteiger partial charge in [0.15, 0.2) is 0 Å². The van der Waals surface area contributed by atoms with Crippen molar-refractivity contribution in [2.75, 3.05) is 0 Å². The maximum atomic E-state index is 8.88. The van der Waals surface area contributed by atoms with Crippen molar-refractivity contribution in [3.63, 3.8) is 0 Å². The Labute approximate surface area is 194 Å². The molecule has 0 fully saturated rings. The Morgan fingerprint density at radius 1 is 0.320 bits per heavy atom. The first kappa shape index (κ1) is 92.5. The van der Waals surface area contributed by atoms with E-state index >= 15 is 0 Å². The van der Waals surface area contributed by atoms with Gasteiger partial charge in [-0.1, -0.05) is 0 Å². The van der Waals surface area contributed by atoms with E-state index < -0.39 is 7.82 Å². The molecule has 0 aliphatic rings. The van der Waals surface area contributed by atoms with Gasteiger partial charge in [0.25, 0.3) is 0 Å². The molecule has 0 saturated carbocycles. The Kier molecular flexibility index (Phi) is 913. The van der Waals surface area contributed by atoms with Crippen LogP contribution < -0.4 is 0 Å². The average Bonchev–Trinajstić information content (AvgIpc) is 2.60. The van der Waals surface area contributed by atoms with Gasteiger partial charge in [0, 0.05) is 84.3 Å². The van der Waals surface area contributed by atoms with E-state index in [-0.39, 0.29) is 84.3 Å². The summed E-state index contributed by atoms with van der Waals surface area (Å²) in [7, 11) is -4.64. The minimum absolute atomic E-state index is 0. The van der Waals surface area contributed by atoms with Crippen LogP contribution >= 0.6 is 7.82 Å². The smallest absolute Gasteiger partial charge is 0.303 e. The van der Waals surface area contributed by atoms with Crippen LogP contribution in [0.3, 0.4) is 0 Å². The fourth-order valence-electron chi connectivity index (χ4n) is 0. The topological polar surface area (TPSA) is 401 Å². The van der Waals surface area contributed by atoms with Gasteiger partial charge < -0.3 is 14.7 Å². The second-order valence-electron chi connectivity index (χ2n) is 0.513. The molecule has 0 bridgehead atoms. The first-order chi connectivity index (χ1) is 10.0. The zero-order chi connectivity index (χ0) is 20.5. The van der Waals surface area contributed by atoms with Crippen LogP contribution in [-0.2, 0) is 88.8 Å². The number of hydrogen-bond acceptors (Lipinski definition) is 17. The summed E-state index contributed by atoms with van der Waals surface area (Å²) in [5, 5.41) is 96.0. The van der Waals surface area contributed by atoms with Crippen LogP contribution in [0.4, 0.5) is 0 Å². The van der Waals surface area contributed by atoms with Gasteiger partial charge in [-0.3, -0.25) is 84.1 Å². The van der Waals surface area contributed by atoms with E-state index in [1.807, 2.05) is 0 Å². The van der Waals surface area contributed by atoms with Crippen LogP contribution in [0.25, 0.3) is 0 Å². The molecule has 0 aliphatic heterocycles. The van der Waals surface area contributed by atoms with E-state index in [2.05, 4.69) is 0 Å². The van der Waals surface area contributed by atoms with Crippen LogP contribution in [0.1, 0.15) is 0 Å². The largest absolute Gasteiger partial charge is 0.466 e. The number of phosphoric acid groups is 1. The summed E-state index contributed by atoms with van der Waals surface area (Å²) in [6.45, 7) is 0. The summed E-state index contributed by atoms with van der Waals surface area (Å²) in [6, 6.07) is 0. The molecule has 0 spiro atoms. The molecule has 0 amide bonds. The average molecular weight is 1110 g/mol. The van der Waals surface area contributed by atoms with Crippen molar-refractivity contribution in [3.05, 3.63) is 0 Å². The summed E-state index contributed by atoms with van der Waals surface area (Å²) in [5.41, 5.74) is 0. The van der Waals surface area contributed by atoms with Gasteiger partial charge in [0.2, 0.25) is 0 Å². The fraction of sp³-hybridized carbons (Fsp3) is 0. The zero-order valence-electron chi connectivity index (χ0n) is 11.0. The minimum Gasteiger partial charge on any atom is -0.303 e. The minimum atomic E-state index is -4.64. The summed E-state index contributed by atoms with van der Waals surface area (Å²) < 4.78 is 8.88. The molecule has 0 aliphatic carbocycles. The predicted molar refractivity (Wildman–Crippen MR) is 56.3 cm³/mol. The maximum absolute atomic E-state index is 8.88. The van der Waals surface area contributed by atoms with Crippen molar-refractivity contribution in [1.82, 2.24) is 0 Å². The molecule has 19 N–H and O–H groups in total. The molecule has 0 aromatic carbocycles. The van der Waals surface area contributed by atoms with Gasteiger partial charge in [0.05, 0.1) is 0 Å². The molecule has 0 aromatic heterocycles. The summed E-state index contributed by atoms with van der Waals surface area (Å²) in [6.07, 6.45) is 0. The SMILES string of the molecule is O=P(O)(O)O.OO.OO.OO.OO.OO.OO.OO.OO.[W].[W].[W].[W]. The third-order valence-electron chi connectivity index (χ3n) is 0. The first-order valence-electron chi connectivity index (χ1n) is 2.38. The van der Waals surface area contributed by atoms with Crippen LogP contribution in [0.2, 0.25) is 0 Å². The van der Waals surface area contributed by atoms with Crippen molar-refractivity contribution in [2.45, 2.75) is 0 Å². The number of hydrogen-bond donors (Lipinski definition) is 19. The van der Waals surface area contributed by atoms with Gasteiger partial charge in [0.1, 0.15) is 0 Å². The maximum Gasteiger partial charge on any atom is 0.466 e. The van der Waals surface area contributed by atoms with E-state index in [1.165, 1.54) is 0 Å². The van der Waals surface area contributed by atoms with Gasteiger partial charge in [-0.25, -0.2) is 4.57 Å². The zero-order valence-corrected chi connectivity index (χ0v) is 23.6. The summed E-state index contributed by atoms with van der Waals surface area (Å²) in [5.74, 6) is 0. The number of rotatable bonds is 0. The van der Waals surface area contributed by atoms with Crippen LogP contribution in [0.15, 0.2) is 0 Å². The normalized spacial score (nSPS) is 4.28. The standard InChI is InChI=1S/H3O4P.8H2O2.4W/c1-5(2,3)4;8*1-2;;;;/h(H3,1,2,3,4);8*1-2H;;;;. The molecule has 0 unspecified atom stereocenters. The van der Waals surface area contributed by atoms with Gasteiger partial charge >= 0.3 is 7.82 Å². The quantitative estimate of drug-likeness (QED) is 0.0802. The van der Waals surface area contributed by atoms with Crippen molar-refractivity contribution in [2.24, 2.45) is 0 Å².